The Labute approximate surface area is 161 Å². The molecule has 0 radical (unpaired) electrons. The van der Waals surface area contributed by atoms with Crippen molar-refractivity contribution in [3.05, 3.63) is 34.3 Å². The summed E-state index contributed by atoms with van der Waals surface area (Å²) in [5.74, 6) is -0.517. The van der Waals surface area contributed by atoms with Crippen LogP contribution in [0.15, 0.2) is 18.2 Å². The summed E-state index contributed by atoms with van der Waals surface area (Å²) in [7, 11) is -1.28. The van der Waals surface area contributed by atoms with Crippen LogP contribution in [0, 0.1) is 5.92 Å². The van der Waals surface area contributed by atoms with E-state index in [-0.39, 0.29) is 12.5 Å². The second kappa shape index (κ2) is 8.91. The van der Waals surface area contributed by atoms with Gasteiger partial charge in [-0.1, -0.05) is 43.4 Å². The lowest BCUT2D eigenvalue weighted by Gasteiger charge is -2.23. The molecule has 1 aliphatic rings. The van der Waals surface area contributed by atoms with Crippen LogP contribution in [0.1, 0.15) is 18.1 Å². The Kier molecular flexibility index (Phi) is 7.12. The highest BCUT2D eigenvalue weighted by Gasteiger charge is 2.36. The number of carbonyl (C=O) groups is 2. The minimum absolute atomic E-state index is 0.0894. The number of nitrogens with one attached hydrogen (secondary N) is 1. The lowest BCUT2D eigenvalue weighted by molar-refractivity contribution is -0.147. The summed E-state index contributed by atoms with van der Waals surface area (Å²) in [5.41, 5.74) is 2.16. The van der Waals surface area contributed by atoms with E-state index in [0.29, 0.717) is 24.5 Å². The SMILES string of the molecule is CCOC(=O)C(NC(=O)OCC[Si](C)(C)C)C1Cc2cccc(Cl)c2C1. The zero-order valence-corrected chi connectivity index (χ0v) is 17.7. The van der Waals surface area contributed by atoms with Crippen LogP contribution in [0.4, 0.5) is 4.79 Å². The molecular formula is C19H28ClNO4Si. The number of hydrogen-bond donors (Lipinski definition) is 1. The van der Waals surface area contributed by atoms with Crippen molar-refractivity contribution in [3.8, 4) is 0 Å². The van der Waals surface area contributed by atoms with Gasteiger partial charge in [-0.2, -0.15) is 0 Å². The summed E-state index contributed by atoms with van der Waals surface area (Å²) >= 11 is 6.27. The number of fused-ring (bicyclic) bond motifs is 1. The largest absolute Gasteiger partial charge is 0.464 e. The van der Waals surface area contributed by atoms with E-state index in [2.05, 4.69) is 25.0 Å². The Morgan fingerprint density at radius 1 is 1.27 bits per heavy atom. The van der Waals surface area contributed by atoms with Gasteiger partial charge in [0.15, 0.2) is 0 Å². The van der Waals surface area contributed by atoms with Gasteiger partial charge in [0.2, 0.25) is 0 Å². The van der Waals surface area contributed by atoms with Crippen molar-refractivity contribution < 1.29 is 19.1 Å². The molecule has 144 valence electrons. The normalized spacial score (nSPS) is 17.3. The van der Waals surface area contributed by atoms with Crippen LogP contribution in [-0.4, -0.2) is 39.4 Å². The van der Waals surface area contributed by atoms with Crippen LogP contribution >= 0.6 is 11.6 Å². The molecule has 2 atom stereocenters. The first-order chi connectivity index (χ1) is 12.2. The van der Waals surface area contributed by atoms with Crippen molar-refractivity contribution in [2.24, 2.45) is 5.92 Å². The highest BCUT2D eigenvalue weighted by molar-refractivity contribution is 6.76. The average Bonchev–Trinajstić information content (AvgIpc) is 2.97. The van der Waals surface area contributed by atoms with Crippen LogP contribution in [0.3, 0.4) is 0 Å². The van der Waals surface area contributed by atoms with E-state index in [0.717, 1.165) is 17.2 Å². The Bertz CT molecular complexity index is 659. The lowest BCUT2D eigenvalue weighted by atomic mass is 9.96. The van der Waals surface area contributed by atoms with Crippen molar-refractivity contribution in [2.45, 2.75) is 51.5 Å². The number of halogens is 1. The molecule has 0 fully saturated rings. The molecule has 1 aromatic rings. The standard InChI is InChI=1S/C19H28ClNO4Si/c1-5-24-18(22)17(21-19(23)25-9-10-26(2,3)4)14-11-13-7-6-8-16(20)15(13)12-14/h6-8,14,17H,5,9-12H2,1-4H3,(H,21,23). The van der Waals surface area contributed by atoms with Gasteiger partial charge < -0.3 is 14.8 Å². The number of esters is 1. The lowest BCUT2D eigenvalue weighted by Crippen LogP contribution is -2.47. The number of benzene rings is 1. The molecule has 0 bridgehead atoms. The quantitative estimate of drug-likeness (QED) is 0.556. The van der Waals surface area contributed by atoms with Crippen LogP contribution in [0.2, 0.25) is 30.7 Å². The van der Waals surface area contributed by atoms with E-state index in [4.69, 9.17) is 21.1 Å². The third-order valence-electron chi connectivity index (χ3n) is 4.53. The summed E-state index contributed by atoms with van der Waals surface area (Å²) in [4.78, 5) is 24.6. The van der Waals surface area contributed by atoms with E-state index < -0.39 is 26.2 Å². The second-order valence-electron chi connectivity index (χ2n) is 7.87. The van der Waals surface area contributed by atoms with E-state index in [1.54, 1.807) is 6.92 Å². The van der Waals surface area contributed by atoms with Gasteiger partial charge in [-0.15, -0.1) is 0 Å². The summed E-state index contributed by atoms with van der Waals surface area (Å²) in [5, 5.41) is 3.42. The van der Waals surface area contributed by atoms with E-state index in [1.807, 2.05) is 18.2 Å². The van der Waals surface area contributed by atoms with Crippen molar-refractivity contribution in [2.75, 3.05) is 13.2 Å². The Morgan fingerprint density at radius 3 is 2.62 bits per heavy atom. The minimum atomic E-state index is -1.28. The molecule has 0 aliphatic heterocycles. The predicted molar refractivity (Wildman–Crippen MR) is 105 cm³/mol. The van der Waals surface area contributed by atoms with E-state index >= 15 is 0 Å². The molecule has 2 unspecified atom stereocenters. The smallest absolute Gasteiger partial charge is 0.407 e. The molecule has 0 saturated carbocycles. The van der Waals surface area contributed by atoms with Crippen molar-refractivity contribution >= 4 is 31.7 Å². The molecule has 7 heteroatoms. The third kappa shape index (κ3) is 5.74. The molecule has 26 heavy (non-hydrogen) atoms. The van der Waals surface area contributed by atoms with Gasteiger partial charge in [0, 0.05) is 13.1 Å². The maximum absolute atomic E-state index is 12.4. The van der Waals surface area contributed by atoms with E-state index in [9.17, 15) is 9.59 Å². The van der Waals surface area contributed by atoms with E-state index in [1.165, 1.54) is 0 Å². The molecule has 1 amide bonds. The molecule has 1 N–H and O–H groups in total. The molecule has 0 spiro atoms. The number of ether oxygens (including phenoxy) is 2. The van der Waals surface area contributed by atoms with Gasteiger partial charge in [-0.05, 0) is 48.9 Å². The van der Waals surface area contributed by atoms with Gasteiger partial charge in [0.05, 0.1) is 13.2 Å². The van der Waals surface area contributed by atoms with Crippen LogP contribution in [0.25, 0.3) is 0 Å². The van der Waals surface area contributed by atoms with Gasteiger partial charge in [0.1, 0.15) is 6.04 Å². The highest BCUT2D eigenvalue weighted by Crippen LogP contribution is 2.34. The zero-order chi connectivity index (χ0) is 19.3. The minimum Gasteiger partial charge on any atom is -0.464 e. The van der Waals surface area contributed by atoms with Crippen molar-refractivity contribution in [1.29, 1.82) is 0 Å². The van der Waals surface area contributed by atoms with Gasteiger partial charge in [-0.25, -0.2) is 9.59 Å². The Balaban J connectivity index is 2.02. The molecule has 0 heterocycles. The fraction of sp³-hybridized carbons (Fsp3) is 0.579. The number of amides is 1. The molecule has 0 aromatic heterocycles. The first-order valence-electron chi connectivity index (χ1n) is 9.07. The number of alkyl carbamates (subject to hydrolysis) is 1. The van der Waals surface area contributed by atoms with Crippen molar-refractivity contribution in [3.63, 3.8) is 0 Å². The average molecular weight is 398 g/mol. The predicted octanol–water partition coefficient (Wildman–Crippen LogP) is 4.05. The number of rotatable bonds is 7. The zero-order valence-electron chi connectivity index (χ0n) is 15.9. The number of carbonyl (C=O) groups excluding carboxylic acids is 2. The summed E-state index contributed by atoms with van der Waals surface area (Å²) in [6, 6.07) is 5.91. The van der Waals surface area contributed by atoms with Gasteiger partial charge in [0.25, 0.3) is 0 Å². The van der Waals surface area contributed by atoms with Crippen LogP contribution < -0.4 is 5.32 Å². The second-order valence-corrected chi connectivity index (χ2v) is 13.9. The Hall–Kier alpha value is -1.53. The van der Waals surface area contributed by atoms with Gasteiger partial charge in [-0.3, -0.25) is 0 Å². The molecule has 2 rings (SSSR count). The number of hydrogen-bond acceptors (Lipinski definition) is 4. The van der Waals surface area contributed by atoms with Crippen LogP contribution in [0.5, 0.6) is 0 Å². The summed E-state index contributed by atoms with van der Waals surface area (Å²) < 4.78 is 10.5. The summed E-state index contributed by atoms with van der Waals surface area (Å²) in [6.45, 7) is 9.04. The fourth-order valence-corrected chi connectivity index (χ4v) is 4.08. The Morgan fingerprint density at radius 2 is 2.00 bits per heavy atom. The van der Waals surface area contributed by atoms with Crippen LogP contribution in [-0.2, 0) is 27.1 Å². The van der Waals surface area contributed by atoms with Crippen molar-refractivity contribution in [1.82, 2.24) is 5.32 Å². The molecule has 1 aromatic carbocycles. The third-order valence-corrected chi connectivity index (χ3v) is 6.59. The molecule has 5 nitrogen and oxygen atoms in total. The molecular weight excluding hydrogens is 370 g/mol. The first kappa shape index (κ1) is 20.8. The molecule has 0 saturated heterocycles. The molecule has 1 aliphatic carbocycles. The first-order valence-corrected chi connectivity index (χ1v) is 13.2. The monoisotopic (exact) mass is 397 g/mol. The fourth-order valence-electron chi connectivity index (χ4n) is 3.10. The summed E-state index contributed by atoms with van der Waals surface area (Å²) in [6.07, 6.45) is 0.741. The van der Waals surface area contributed by atoms with Gasteiger partial charge >= 0.3 is 12.1 Å². The maximum atomic E-state index is 12.4. The maximum Gasteiger partial charge on any atom is 0.407 e. The topological polar surface area (TPSA) is 64.6 Å². The highest BCUT2D eigenvalue weighted by atomic mass is 35.5.